The summed E-state index contributed by atoms with van der Waals surface area (Å²) in [6, 6.07) is 17.3. The Morgan fingerprint density at radius 3 is 2.46 bits per heavy atom. The number of hydrogen-bond donors (Lipinski definition) is 1. The monoisotopic (exact) mass is 501 g/mol. The molecule has 1 N–H and O–H groups in total. The summed E-state index contributed by atoms with van der Waals surface area (Å²) in [5, 5.41) is 12.2. The van der Waals surface area contributed by atoms with E-state index in [1.54, 1.807) is 49.6 Å². The zero-order chi connectivity index (χ0) is 24.7. The molecule has 0 saturated heterocycles. The molecule has 1 unspecified atom stereocenters. The number of hydrogen-bond acceptors (Lipinski definition) is 6. The minimum atomic E-state index is -0.834. The second kappa shape index (κ2) is 9.09. The van der Waals surface area contributed by atoms with Crippen LogP contribution in [0.2, 0.25) is 5.02 Å². The van der Waals surface area contributed by atoms with Crippen LogP contribution in [-0.2, 0) is 4.79 Å². The van der Waals surface area contributed by atoms with Crippen LogP contribution < -0.4 is 4.90 Å². The molecule has 0 saturated carbocycles. The quantitative estimate of drug-likeness (QED) is 0.326. The minimum Gasteiger partial charge on any atom is -0.503 e. The highest BCUT2D eigenvalue weighted by atomic mass is 35.5. The Morgan fingerprint density at radius 2 is 1.77 bits per heavy atom. The molecule has 1 amide bonds. The van der Waals surface area contributed by atoms with Gasteiger partial charge in [-0.1, -0.05) is 41.9 Å². The summed E-state index contributed by atoms with van der Waals surface area (Å²) in [4.78, 5) is 37.8. The molecular weight excluding hydrogens is 482 g/mol. The molecule has 3 heterocycles. The Bertz CT molecular complexity index is 1480. The molecule has 1 aliphatic rings. The Morgan fingerprint density at radius 1 is 1.06 bits per heavy atom. The number of rotatable bonds is 5. The molecule has 6 nitrogen and oxygen atoms in total. The van der Waals surface area contributed by atoms with E-state index < -0.39 is 23.5 Å². The predicted octanol–water partition coefficient (Wildman–Crippen LogP) is 6.26. The summed E-state index contributed by atoms with van der Waals surface area (Å²) in [6.45, 7) is 3.58. The van der Waals surface area contributed by atoms with Gasteiger partial charge in [0.05, 0.1) is 22.2 Å². The lowest BCUT2D eigenvalue weighted by atomic mass is 9.95. The maximum Gasteiger partial charge on any atom is 0.294 e. The first kappa shape index (κ1) is 23.0. The molecule has 2 aromatic heterocycles. The molecule has 1 aliphatic heterocycles. The first-order chi connectivity index (χ1) is 16.9. The van der Waals surface area contributed by atoms with Gasteiger partial charge in [0, 0.05) is 28.7 Å². The average Bonchev–Trinajstić information content (AvgIpc) is 3.37. The van der Waals surface area contributed by atoms with Gasteiger partial charge in [0.1, 0.15) is 5.01 Å². The standard InChI is InChI=1S/C27H20ClN3O3S/c1-15-14-19(28)8-9-20(15)31-22(17-10-12-29-13-11-17)21(24(33)27(31)34)23(32)25-16(2)30-26(35-25)18-6-4-3-5-7-18/h3-14,22,33H,1-2H3. The van der Waals surface area contributed by atoms with Gasteiger partial charge in [0.2, 0.25) is 5.78 Å². The number of aliphatic hydroxyl groups is 1. The van der Waals surface area contributed by atoms with Gasteiger partial charge in [-0.15, -0.1) is 11.3 Å². The van der Waals surface area contributed by atoms with E-state index in [0.717, 1.165) is 11.1 Å². The number of aryl methyl sites for hydroxylation is 2. The lowest BCUT2D eigenvalue weighted by molar-refractivity contribution is -0.117. The predicted molar refractivity (Wildman–Crippen MR) is 137 cm³/mol. The summed E-state index contributed by atoms with van der Waals surface area (Å²) >= 11 is 7.38. The number of aromatic nitrogens is 2. The van der Waals surface area contributed by atoms with E-state index in [0.29, 0.717) is 31.9 Å². The Labute approximate surface area is 211 Å². The molecule has 0 spiro atoms. The van der Waals surface area contributed by atoms with E-state index in [4.69, 9.17) is 11.6 Å². The van der Waals surface area contributed by atoms with Crippen LogP contribution in [-0.4, -0.2) is 26.8 Å². The van der Waals surface area contributed by atoms with Crippen LogP contribution in [0.4, 0.5) is 5.69 Å². The van der Waals surface area contributed by atoms with Gasteiger partial charge in [0.25, 0.3) is 5.91 Å². The fraction of sp³-hybridized carbons (Fsp3) is 0.111. The molecular formula is C27H20ClN3O3S. The molecule has 5 rings (SSSR count). The van der Waals surface area contributed by atoms with Gasteiger partial charge in [-0.25, -0.2) is 4.98 Å². The number of benzene rings is 2. The number of nitrogens with zero attached hydrogens (tertiary/aromatic N) is 3. The van der Waals surface area contributed by atoms with Crippen molar-refractivity contribution >= 4 is 40.3 Å². The molecule has 35 heavy (non-hydrogen) atoms. The van der Waals surface area contributed by atoms with E-state index in [1.807, 2.05) is 37.3 Å². The topological polar surface area (TPSA) is 83.4 Å². The molecule has 0 fully saturated rings. The third-order valence-electron chi connectivity index (χ3n) is 5.92. The van der Waals surface area contributed by atoms with Crippen molar-refractivity contribution in [1.29, 1.82) is 0 Å². The normalized spacial score (nSPS) is 15.7. The molecule has 0 aliphatic carbocycles. The van der Waals surface area contributed by atoms with Gasteiger partial charge in [0.15, 0.2) is 5.76 Å². The van der Waals surface area contributed by atoms with Crippen molar-refractivity contribution in [3.05, 3.63) is 111 Å². The van der Waals surface area contributed by atoms with Crippen molar-refractivity contribution in [2.45, 2.75) is 19.9 Å². The average molecular weight is 502 g/mol. The van der Waals surface area contributed by atoms with Crippen LogP contribution in [0, 0.1) is 13.8 Å². The fourth-order valence-corrected chi connectivity index (χ4v) is 5.52. The van der Waals surface area contributed by atoms with Crippen LogP contribution >= 0.6 is 22.9 Å². The van der Waals surface area contributed by atoms with Gasteiger partial charge in [-0.3, -0.25) is 19.5 Å². The third-order valence-corrected chi connectivity index (χ3v) is 7.36. The van der Waals surface area contributed by atoms with Crippen molar-refractivity contribution in [3.63, 3.8) is 0 Å². The highest BCUT2D eigenvalue weighted by Crippen LogP contribution is 2.44. The molecule has 1 atom stereocenters. The number of anilines is 1. The van der Waals surface area contributed by atoms with E-state index in [1.165, 1.54) is 16.2 Å². The van der Waals surface area contributed by atoms with Crippen LogP contribution in [0.15, 0.2) is 84.4 Å². The highest BCUT2D eigenvalue weighted by molar-refractivity contribution is 7.17. The highest BCUT2D eigenvalue weighted by Gasteiger charge is 2.45. The number of Topliss-reactive ketones (excluding diaryl/α,β-unsaturated/α-hetero) is 1. The lowest BCUT2D eigenvalue weighted by Gasteiger charge is -2.28. The zero-order valence-corrected chi connectivity index (χ0v) is 20.5. The molecule has 0 bridgehead atoms. The number of pyridine rings is 1. The Hall–Kier alpha value is -3.81. The van der Waals surface area contributed by atoms with E-state index >= 15 is 0 Å². The number of aliphatic hydroxyl groups excluding tert-OH is 1. The first-order valence-electron chi connectivity index (χ1n) is 10.9. The second-order valence-electron chi connectivity index (χ2n) is 8.18. The summed E-state index contributed by atoms with van der Waals surface area (Å²) in [5.74, 6) is -1.64. The number of amides is 1. The minimum absolute atomic E-state index is 0.0157. The summed E-state index contributed by atoms with van der Waals surface area (Å²) in [7, 11) is 0. The van der Waals surface area contributed by atoms with Crippen molar-refractivity contribution in [2.24, 2.45) is 0 Å². The van der Waals surface area contributed by atoms with Crippen LogP contribution in [0.1, 0.15) is 32.5 Å². The van der Waals surface area contributed by atoms with E-state index in [-0.39, 0.29) is 5.57 Å². The lowest BCUT2D eigenvalue weighted by Crippen LogP contribution is -2.31. The molecule has 0 radical (unpaired) electrons. The molecule has 174 valence electrons. The van der Waals surface area contributed by atoms with Crippen molar-refractivity contribution in [1.82, 2.24) is 9.97 Å². The van der Waals surface area contributed by atoms with Gasteiger partial charge < -0.3 is 5.11 Å². The number of halogens is 1. The SMILES string of the molecule is Cc1cc(Cl)ccc1N1C(=O)C(O)=C(C(=O)c2sc(-c3ccccc3)nc2C)C1c1ccncc1. The fourth-order valence-electron chi connectivity index (χ4n) is 4.27. The van der Waals surface area contributed by atoms with Crippen LogP contribution in [0.3, 0.4) is 0 Å². The summed E-state index contributed by atoms with van der Waals surface area (Å²) in [5.41, 5.74) is 3.40. The van der Waals surface area contributed by atoms with Crippen LogP contribution in [0.5, 0.6) is 0 Å². The number of ketones is 1. The summed E-state index contributed by atoms with van der Waals surface area (Å²) < 4.78 is 0. The van der Waals surface area contributed by atoms with Gasteiger partial charge >= 0.3 is 0 Å². The molecule has 8 heteroatoms. The maximum absolute atomic E-state index is 13.9. The number of thiazole rings is 1. The third kappa shape index (κ3) is 4.03. The van der Waals surface area contributed by atoms with Crippen molar-refractivity contribution in [2.75, 3.05) is 4.90 Å². The van der Waals surface area contributed by atoms with E-state index in [2.05, 4.69) is 9.97 Å². The number of carbonyl (C=O) groups is 2. The Balaban J connectivity index is 1.64. The van der Waals surface area contributed by atoms with Gasteiger partial charge in [-0.05, 0) is 55.3 Å². The second-order valence-corrected chi connectivity index (χ2v) is 9.62. The number of carbonyl (C=O) groups excluding carboxylic acids is 2. The summed E-state index contributed by atoms with van der Waals surface area (Å²) in [6.07, 6.45) is 3.19. The van der Waals surface area contributed by atoms with Crippen molar-refractivity contribution in [3.8, 4) is 10.6 Å². The maximum atomic E-state index is 13.9. The van der Waals surface area contributed by atoms with Gasteiger partial charge in [-0.2, -0.15) is 0 Å². The smallest absolute Gasteiger partial charge is 0.294 e. The first-order valence-corrected chi connectivity index (χ1v) is 12.1. The van der Waals surface area contributed by atoms with Crippen LogP contribution in [0.25, 0.3) is 10.6 Å². The van der Waals surface area contributed by atoms with Crippen molar-refractivity contribution < 1.29 is 14.7 Å². The Kier molecular flexibility index (Phi) is 5.96. The zero-order valence-electron chi connectivity index (χ0n) is 18.9. The van der Waals surface area contributed by atoms with E-state index in [9.17, 15) is 14.7 Å². The molecule has 2 aromatic carbocycles. The molecule has 4 aromatic rings. The largest absolute Gasteiger partial charge is 0.503 e.